The summed E-state index contributed by atoms with van der Waals surface area (Å²) in [7, 11) is 0. The Morgan fingerprint density at radius 2 is 0.429 bits per heavy atom. The van der Waals surface area contributed by atoms with Gasteiger partial charge in [-0.15, -0.1) is 0 Å². The monoisotopic (exact) mass is 218 g/mol. The molecule has 0 heterocycles. The van der Waals surface area contributed by atoms with E-state index in [1.54, 1.807) is 0 Å². The van der Waals surface area contributed by atoms with E-state index >= 15 is 0 Å². The van der Waals surface area contributed by atoms with Gasteiger partial charge in [0.15, 0.2) is 0 Å². The fraction of sp³-hybridized carbons (Fsp3) is 0. The van der Waals surface area contributed by atoms with Gasteiger partial charge in [0.2, 0.25) is 0 Å². The van der Waals surface area contributed by atoms with Crippen LogP contribution in [0.25, 0.3) is 0 Å². The number of hydrogen-bond acceptors (Lipinski definition) is 0. The first-order valence-electron chi connectivity index (χ1n) is 0. The van der Waals surface area contributed by atoms with Crippen molar-refractivity contribution >= 4 is 66.0 Å². The predicted octanol–water partition coefficient (Wildman–Crippen LogP) is -10.6. The van der Waals surface area contributed by atoms with Gasteiger partial charge in [0, 0.05) is 0 Å². The van der Waals surface area contributed by atoms with Crippen LogP contribution in [-0.4, -0.2) is 66.0 Å². The third kappa shape index (κ3) is 67.6. The van der Waals surface area contributed by atoms with Gasteiger partial charge in [-0.05, 0) is 0 Å². The van der Waals surface area contributed by atoms with Crippen molar-refractivity contribution in [2.24, 2.45) is 0 Å². The summed E-state index contributed by atoms with van der Waals surface area (Å²) in [5.41, 5.74) is 0. The molecule has 0 unspecified atom stereocenters. The van der Waals surface area contributed by atoms with Gasteiger partial charge in [0.05, 0.1) is 0 Å². The molecule has 0 aliphatic carbocycles. The van der Waals surface area contributed by atoms with Gasteiger partial charge in [-0.25, -0.2) is 0 Å². The van der Waals surface area contributed by atoms with Crippen molar-refractivity contribution in [2.45, 2.75) is 0 Å². The van der Waals surface area contributed by atoms with E-state index in [1.165, 1.54) is 0 Å². The van der Waals surface area contributed by atoms with Crippen LogP contribution in [0.15, 0.2) is 0 Å². The van der Waals surface area contributed by atoms with Gasteiger partial charge in [0.1, 0.15) is 0 Å². The van der Waals surface area contributed by atoms with Crippen molar-refractivity contribution in [1.29, 1.82) is 0 Å². The Kier molecular flexibility index (Phi) is 1740. The summed E-state index contributed by atoms with van der Waals surface area (Å²) in [6.07, 6.45) is 0. The zero-order valence-corrected chi connectivity index (χ0v) is 6.35. The third-order valence-electron chi connectivity index (χ3n) is 0. The van der Waals surface area contributed by atoms with Gasteiger partial charge in [-0.1, -0.05) is 42.1 Å². The summed E-state index contributed by atoms with van der Waals surface area (Å²) in [6, 6.07) is 0. The summed E-state index contributed by atoms with van der Waals surface area (Å²) in [5, 5.41) is 0. The molecule has 0 rings (SSSR count). The van der Waals surface area contributed by atoms with Crippen molar-refractivity contribution in [3.63, 3.8) is 0 Å². The summed E-state index contributed by atoms with van der Waals surface area (Å²) < 4.78 is 0. The van der Waals surface area contributed by atoms with Crippen LogP contribution in [0.3, 0.4) is 0 Å². The minimum Gasteiger partial charge on any atom is -0.0626 e. The average Bonchev–Trinajstić information content (AvgIpc) is 0. The molecule has 0 aromatic carbocycles. The van der Waals surface area contributed by atoms with Crippen molar-refractivity contribution in [3.05, 3.63) is 0 Å². The molecule has 0 aromatic rings. The van der Waals surface area contributed by atoms with Crippen LogP contribution >= 0.6 is 0 Å². The van der Waals surface area contributed by atoms with Gasteiger partial charge >= 0.3 is 53.5 Å². The molecule has 0 radical (unpaired) electrons. The molecule has 0 fully saturated rings. The van der Waals surface area contributed by atoms with E-state index in [4.69, 9.17) is 0 Å². The maximum absolute atomic E-state index is 0. The zero-order chi connectivity index (χ0) is 0. The molecule has 0 amide bonds. The second-order valence-corrected chi connectivity index (χ2v) is 0. The van der Waals surface area contributed by atoms with E-state index in [0.717, 1.165) is 0 Å². The molecule has 0 N–H and O–H groups in total. The van der Waals surface area contributed by atoms with Crippen LogP contribution in [0, 0.1) is 0 Å². The second-order valence-electron chi connectivity index (χ2n) is 0. The molecule has 0 aliphatic heterocycles. The van der Waals surface area contributed by atoms with Crippen LogP contribution in [0.5, 0.6) is 0 Å². The van der Waals surface area contributed by atoms with Gasteiger partial charge in [-0.3, -0.25) is 0 Å². The summed E-state index contributed by atoms with van der Waals surface area (Å²) >= 11 is 0. The van der Waals surface area contributed by atoms with E-state index in [-0.39, 0.29) is 95.5 Å². The second kappa shape index (κ2) is 91.4. The smallest absolute Gasteiger partial charge is 0.0626 e. The van der Waals surface area contributed by atoms with Gasteiger partial charge in [0.25, 0.3) is 0 Å². The Morgan fingerprint density at radius 1 is 0.429 bits per heavy atom. The van der Waals surface area contributed by atoms with Gasteiger partial charge < -0.3 is 0 Å². The number of rotatable bonds is 0. The van der Waals surface area contributed by atoms with Crippen molar-refractivity contribution in [1.82, 2.24) is 0 Å². The average molecular weight is 216 g/mol. The quantitative estimate of drug-likeness (QED) is 0.353. The fourth-order valence-electron chi connectivity index (χ4n) is 0. The van der Waals surface area contributed by atoms with E-state index in [9.17, 15) is 0 Å². The van der Waals surface area contributed by atoms with Gasteiger partial charge in [-0.2, -0.15) is 0 Å². The Hall–Kier alpha value is 2.12. The first kappa shape index (κ1) is 134. The first-order chi connectivity index (χ1) is 0. The molecule has 0 saturated carbocycles. The molecule has 0 atom stereocenters. The van der Waals surface area contributed by atoms with Crippen LogP contribution in [-0.2, 0) is 0 Å². The first-order valence-corrected chi connectivity index (χ1v) is 0. The van der Waals surface area contributed by atoms with E-state index < -0.39 is 0 Å². The van der Waals surface area contributed by atoms with Crippen molar-refractivity contribution < 1.29 is 29.6 Å². The molecule has 7 heteroatoms. The Balaban J connectivity index is 0. The Labute approximate surface area is 94.5 Å². The van der Waals surface area contributed by atoms with E-state index in [1.807, 2.05) is 0 Å². The molecule has 0 spiro atoms. The van der Waals surface area contributed by atoms with Crippen LogP contribution in [0.1, 0.15) is 0 Å². The molecule has 0 nitrogen and oxygen atoms in total. The topological polar surface area (TPSA) is 0 Å². The molecule has 0 aromatic heterocycles. The van der Waals surface area contributed by atoms with Crippen molar-refractivity contribution in [3.8, 4) is 0 Å². The van der Waals surface area contributed by atoms with Crippen molar-refractivity contribution in [2.75, 3.05) is 0 Å². The normalized spacial score (nSPS) is 0. The molecule has 0 bridgehead atoms. The molecule has 7 heavy (non-hydrogen) atoms. The molecule has 0 saturated heterocycles. The minimum atomic E-state index is 0. The summed E-state index contributed by atoms with van der Waals surface area (Å²) in [6.45, 7) is 0. The SMILES string of the molecule is [BH4-].[BH4-].[BH4-].[BH4-].[BH4-].[Na+].[Sn+4]. The minimum absolute atomic E-state index is 0. The maximum Gasteiger partial charge on any atom is 4.00 e. The molecule has 0 aliphatic rings. The molecular weight excluding hydrogens is 196 g/mol. The van der Waals surface area contributed by atoms with Crippen LogP contribution in [0.2, 0.25) is 0 Å². The third-order valence-corrected chi connectivity index (χ3v) is 0. The maximum atomic E-state index is 0. The fourth-order valence-corrected chi connectivity index (χ4v) is 0. The van der Waals surface area contributed by atoms with Crippen LogP contribution in [0.4, 0.5) is 0 Å². The molecule has 40 valence electrons. The Bertz CT molecular complexity index is 8.04. The van der Waals surface area contributed by atoms with Crippen LogP contribution < -0.4 is 29.6 Å². The predicted molar refractivity (Wildman–Crippen MR) is 62.4 cm³/mol. The van der Waals surface area contributed by atoms with E-state index in [0.29, 0.717) is 0 Å². The number of hydrogen-bond donors (Lipinski definition) is 0. The standard InChI is InChI=1S/5BH4.Na.Sn/h5*1H4;;/q5*-1;+1;+4. The largest absolute Gasteiger partial charge is 4.00 e. The van der Waals surface area contributed by atoms with E-state index in [2.05, 4.69) is 0 Å². The molecular formula is H20B5NaSn. The summed E-state index contributed by atoms with van der Waals surface area (Å²) in [4.78, 5) is 0. The Morgan fingerprint density at radius 3 is 0.429 bits per heavy atom. The summed E-state index contributed by atoms with van der Waals surface area (Å²) in [5.74, 6) is 0. The zero-order valence-electron chi connectivity index (χ0n) is 1.50.